The SMILES string of the molecule is C[C@H](CN1CCOCC1)n1c(NC(N)=O)nc2cc(C=C3c4ccccc4COc4cc(F)ccc43)ccc21. The summed E-state index contributed by atoms with van der Waals surface area (Å²) in [7, 11) is 0. The molecule has 2 aliphatic rings. The molecule has 3 aromatic carbocycles. The summed E-state index contributed by atoms with van der Waals surface area (Å²) in [6, 6.07) is 18.1. The van der Waals surface area contributed by atoms with Crippen molar-refractivity contribution in [1.82, 2.24) is 14.5 Å². The van der Waals surface area contributed by atoms with Gasteiger partial charge in [-0.3, -0.25) is 10.2 Å². The summed E-state index contributed by atoms with van der Waals surface area (Å²) >= 11 is 0. The molecule has 1 saturated heterocycles. The summed E-state index contributed by atoms with van der Waals surface area (Å²) in [6.45, 7) is 6.41. The van der Waals surface area contributed by atoms with E-state index in [1.165, 1.54) is 12.1 Å². The molecule has 3 heterocycles. The van der Waals surface area contributed by atoms with Gasteiger partial charge in [0.15, 0.2) is 0 Å². The van der Waals surface area contributed by atoms with Gasteiger partial charge in [-0.05, 0) is 59.5 Å². The van der Waals surface area contributed by atoms with E-state index in [1.54, 1.807) is 6.07 Å². The van der Waals surface area contributed by atoms with Crippen molar-refractivity contribution in [2.45, 2.75) is 19.6 Å². The van der Waals surface area contributed by atoms with Crippen LogP contribution in [-0.4, -0.2) is 53.3 Å². The third-order valence-electron chi connectivity index (χ3n) is 7.25. The van der Waals surface area contributed by atoms with Crippen molar-refractivity contribution >= 4 is 34.7 Å². The molecule has 6 rings (SSSR count). The largest absolute Gasteiger partial charge is 0.488 e. The van der Waals surface area contributed by atoms with E-state index in [4.69, 9.17) is 20.2 Å². The van der Waals surface area contributed by atoms with Crippen molar-refractivity contribution in [3.05, 3.63) is 88.7 Å². The van der Waals surface area contributed by atoms with Gasteiger partial charge in [0.1, 0.15) is 18.2 Å². The van der Waals surface area contributed by atoms with Gasteiger partial charge in [0.2, 0.25) is 5.95 Å². The van der Waals surface area contributed by atoms with Crippen LogP contribution in [0.4, 0.5) is 15.1 Å². The van der Waals surface area contributed by atoms with E-state index in [2.05, 4.69) is 29.3 Å². The number of halogens is 1. The molecular formula is C30H30FN5O3. The van der Waals surface area contributed by atoms with Gasteiger partial charge < -0.3 is 19.8 Å². The Morgan fingerprint density at radius 2 is 1.95 bits per heavy atom. The van der Waals surface area contributed by atoms with E-state index in [-0.39, 0.29) is 11.9 Å². The number of nitrogens with zero attached hydrogens (tertiary/aromatic N) is 3. The number of imidazole rings is 1. The van der Waals surface area contributed by atoms with Crippen molar-refractivity contribution in [2.75, 3.05) is 38.2 Å². The fourth-order valence-electron chi connectivity index (χ4n) is 5.46. The van der Waals surface area contributed by atoms with E-state index in [0.29, 0.717) is 31.5 Å². The second kappa shape index (κ2) is 10.5. The Balaban J connectivity index is 1.43. The van der Waals surface area contributed by atoms with Gasteiger partial charge in [-0.15, -0.1) is 0 Å². The minimum Gasteiger partial charge on any atom is -0.488 e. The number of benzene rings is 3. The number of carbonyl (C=O) groups is 1. The first-order chi connectivity index (χ1) is 19.0. The molecule has 4 aromatic rings. The summed E-state index contributed by atoms with van der Waals surface area (Å²) in [4.78, 5) is 18.9. The van der Waals surface area contributed by atoms with Crippen LogP contribution in [0.25, 0.3) is 22.7 Å². The van der Waals surface area contributed by atoms with Gasteiger partial charge in [0, 0.05) is 37.3 Å². The van der Waals surface area contributed by atoms with Crippen LogP contribution in [0.2, 0.25) is 0 Å². The highest BCUT2D eigenvalue weighted by Gasteiger charge is 2.22. The third kappa shape index (κ3) is 5.10. The zero-order chi connectivity index (χ0) is 26.9. The second-order valence-electron chi connectivity index (χ2n) is 9.95. The van der Waals surface area contributed by atoms with Crippen LogP contribution in [0.15, 0.2) is 60.7 Å². The number of morpholine rings is 1. The van der Waals surface area contributed by atoms with Crippen molar-refractivity contribution in [2.24, 2.45) is 5.73 Å². The topological polar surface area (TPSA) is 94.6 Å². The molecule has 1 aromatic heterocycles. The van der Waals surface area contributed by atoms with E-state index in [9.17, 15) is 9.18 Å². The number of hydrogen-bond donors (Lipinski definition) is 2. The summed E-state index contributed by atoms with van der Waals surface area (Å²) in [5.41, 5.74) is 11.9. The average Bonchev–Trinajstić information content (AvgIpc) is 3.20. The van der Waals surface area contributed by atoms with Gasteiger partial charge in [-0.2, -0.15) is 0 Å². The number of fused-ring (bicyclic) bond motifs is 3. The van der Waals surface area contributed by atoms with E-state index in [0.717, 1.165) is 58.5 Å². The standard InChI is InChI=1S/C30H30FN5O3/c1-19(17-35-10-12-38-13-11-35)36-27-9-6-20(15-26(27)33-30(36)34-29(32)37)14-25-23-5-3-2-4-21(23)18-39-28-16-22(31)7-8-24(25)28/h2-9,14-16,19H,10-13,17-18H2,1H3,(H3,32,33,34,37)/t19-/m1/s1. The Kier molecular flexibility index (Phi) is 6.76. The Morgan fingerprint density at radius 1 is 1.13 bits per heavy atom. The lowest BCUT2D eigenvalue weighted by molar-refractivity contribution is 0.0329. The molecule has 0 aliphatic carbocycles. The van der Waals surface area contributed by atoms with Crippen LogP contribution < -0.4 is 15.8 Å². The number of nitrogens with two attached hydrogens (primary N) is 1. The van der Waals surface area contributed by atoms with Gasteiger partial charge in [0.25, 0.3) is 0 Å². The van der Waals surface area contributed by atoms with Gasteiger partial charge in [-0.25, -0.2) is 14.2 Å². The van der Waals surface area contributed by atoms with Crippen LogP contribution in [0.5, 0.6) is 5.75 Å². The number of nitrogens with one attached hydrogen (secondary N) is 1. The normalized spacial score (nSPS) is 17.2. The van der Waals surface area contributed by atoms with E-state index in [1.807, 2.05) is 41.0 Å². The molecule has 0 unspecified atom stereocenters. The van der Waals surface area contributed by atoms with Crippen molar-refractivity contribution in [1.29, 1.82) is 0 Å². The number of amides is 2. The first kappa shape index (κ1) is 25.1. The highest BCUT2D eigenvalue weighted by molar-refractivity contribution is 5.96. The molecule has 1 fully saturated rings. The van der Waals surface area contributed by atoms with Crippen LogP contribution in [0.3, 0.4) is 0 Å². The fraction of sp³-hybridized carbons (Fsp3) is 0.267. The summed E-state index contributed by atoms with van der Waals surface area (Å²) < 4.78 is 27.6. The fourth-order valence-corrected chi connectivity index (χ4v) is 5.46. The Hall–Kier alpha value is -4.21. The molecule has 39 heavy (non-hydrogen) atoms. The molecule has 3 N–H and O–H groups in total. The predicted molar refractivity (Wildman–Crippen MR) is 149 cm³/mol. The molecule has 2 aliphatic heterocycles. The second-order valence-corrected chi connectivity index (χ2v) is 9.95. The average molecular weight is 528 g/mol. The lowest BCUT2D eigenvalue weighted by Gasteiger charge is -2.30. The van der Waals surface area contributed by atoms with Gasteiger partial charge >= 0.3 is 6.03 Å². The van der Waals surface area contributed by atoms with Crippen molar-refractivity contribution < 1.29 is 18.7 Å². The Bertz CT molecular complexity index is 1570. The molecule has 200 valence electrons. The lowest BCUT2D eigenvalue weighted by Crippen LogP contribution is -2.39. The number of ether oxygens (including phenoxy) is 2. The molecular weight excluding hydrogens is 497 g/mol. The third-order valence-corrected chi connectivity index (χ3v) is 7.25. The number of rotatable bonds is 5. The maximum Gasteiger partial charge on any atom is 0.318 e. The Labute approximate surface area is 225 Å². The van der Waals surface area contributed by atoms with Crippen LogP contribution in [-0.2, 0) is 11.3 Å². The smallest absolute Gasteiger partial charge is 0.318 e. The molecule has 8 nitrogen and oxygen atoms in total. The summed E-state index contributed by atoms with van der Waals surface area (Å²) in [5, 5.41) is 2.70. The highest BCUT2D eigenvalue weighted by Crippen LogP contribution is 2.38. The number of aromatic nitrogens is 2. The monoisotopic (exact) mass is 527 g/mol. The molecule has 0 bridgehead atoms. The van der Waals surface area contributed by atoms with Crippen molar-refractivity contribution in [3.8, 4) is 5.75 Å². The number of urea groups is 1. The van der Waals surface area contributed by atoms with Crippen LogP contribution in [0, 0.1) is 5.82 Å². The lowest BCUT2D eigenvalue weighted by atomic mass is 9.92. The molecule has 0 spiro atoms. The Morgan fingerprint density at radius 3 is 2.77 bits per heavy atom. The first-order valence-corrected chi connectivity index (χ1v) is 13.1. The van der Waals surface area contributed by atoms with Crippen LogP contribution in [0.1, 0.15) is 35.2 Å². The van der Waals surface area contributed by atoms with Gasteiger partial charge in [-0.1, -0.05) is 30.3 Å². The number of carbonyl (C=O) groups excluding carboxylic acids is 1. The zero-order valence-corrected chi connectivity index (χ0v) is 21.7. The molecule has 9 heteroatoms. The summed E-state index contributed by atoms with van der Waals surface area (Å²) in [5.74, 6) is 0.580. The zero-order valence-electron chi connectivity index (χ0n) is 21.7. The van der Waals surface area contributed by atoms with E-state index >= 15 is 0 Å². The number of primary amides is 1. The number of anilines is 1. The quantitative estimate of drug-likeness (QED) is 0.379. The van der Waals surface area contributed by atoms with Crippen molar-refractivity contribution in [3.63, 3.8) is 0 Å². The molecule has 0 radical (unpaired) electrons. The minimum absolute atomic E-state index is 0.0341. The molecule has 1 atom stereocenters. The maximum absolute atomic E-state index is 14.1. The first-order valence-electron chi connectivity index (χ1n) is 13.1. The molecule has 2 amide bonds. The summed E-state index contributed by atoms with van der Waals surface area (Å²) in [6.07, 6.45) is 2.07. The molecule has 0 saturated carbocycles. The maximum atomic E-state index is 14.1. The van der Waals surface area contributed by atoms with Gasteiger partial charge in [0.05, 0.1) is 24.2 Å². The number of hydrogen-bond acceptors (Lipinski definition) is 5. The minimum atomic E-state index is -0.661. The van der Waals surface area contributed by atoms with E-state index < -0.39 is 6.03 Å². The van der Waals surface area contributed by atoms with Crippen LogP contribution >= 0.6 is 0 Å². The predicted octanol–water partition coefficient (Wildman–Crippen LogP) is 5.04. The highest BCUT2D eigenvalue weighted by atomic mass is 19.1.